The number of amides is 1. The number of rotatable bonds is 4. The topological polar surface area (TPSA) is 59.8 Å². The molecule has 4 rings (SSSR count). The summed E-state index contributed by atoms with van der Waals surface area (Å²) in [5.74, 6) is 0.281. The van der Waals surface area contributed by atoms with Crippen LogP contribution < -0.4 is 5.32 Å². The van der Waals surface area contributed by atoms with Gasteiger partial charge in [-0.3, -0.25) is 4.79 Å². The van der Waals surface area contributed by atoms with Gasteiger partial charge in [-0.25, -0.2) is 9.67 Å². The molecule has 0 saturated carbocycles. The number of para-hydroxylation sites is 1. The van der Waals surface area contributed by atoms with E-state index in [1.807, 2.05) is 81.4 Å². The number of anilines is 1. The lowest BCUT2D eigenvalue weighted by Crippen LogP contribution is -2.15. The van der Waals surface area contributed by atoms with Crippen molar-refractivity contribution >= 4 is 23.2 Å². The summed E-state index contributed by atoms with van der Waals surface area (Å²) in [5.41, 5.74) is 5.51. The summed E-state index contributed by atoms with van der Waals surface area (Å²) in [6.07, 6.45) is 0. The maximum absolute atomic E-state index is 13.0. The molecule has 0 saturated heterocycles. The fraction of sp³-hybridized carbons (Fsp3) is 0.125. The van der Waals surface area contributed by atoms with Gasteiger partial charge in [0, 0.05) is 16.3 Å². The molecule has 1 N–H and O–H groups in total. The van der Waals surface area contributed by atoms with Gasteiger partial charge in [-0.1, -0.05) is 59.6 Å². The van der Waals surface area contributed by atoms with Crippen LogP contribution in [0.25, 0.3) is 17.1 Å². The lowest BCUT2D eigenvalue weighted by molar-refractivity contribution is 0.101. The lowest BCUT2D eigenvalue weighted by Gasteiger charge is -2.09. The molecular formula is C24H21ClN4O. The third-order valence-electron chi connectivity index (χ3n) is 4.87. The Morgan fingerprint density at radius 1 is 0.933 bits per heavy atom. The van der Waals surface area contributed by atoms with Gasteiger partial charge in [0.15, 0.2) is 5.82 Å². The van der Waals surface area contributed by atoms with Crippen molar-refractivity contribution in [1.82, 2.24) is 14.8 Å². The highest BCUT2D eigenvalue weighted by atomic mass is 35.5. The summed E-state index contributed by atoms with van der Waals surface area (Å²) in [6, 6.07) is 21.1. The van der Waals surface area contributed by atoms with Crippen LogP contribution in [0.3, 0.4) is 0 Å². The van der Waals surface area contributed by atoms with Gasteiger partial charge < -0.3 is 5.32 Å². The van der Waals surface area contributed by atoms with Gasteiger partial charge in [-0.15, -0.1) is 5.10 Å². The van der Waals surface area contributed by atoms with Crippen LogP contribution in [0.1, 0.15) is 27.3 Å². The normalized spacial score (nSPS) is 10.8. The Morgan fingerprint density at radius 2 is 1.73 bits per heavy atom. The second-order valence-corrected chi connectivity index (χ2v) is 7.68. The molecule has 0 aliphatic heterocycles. The van der Waals surface area contributed by atoms with Crippen molar-refractivity contribution in [3.8, 4) is 17.1 Å². The summed E-state index contributed by atoms with van der Waals surface area (Å²) in [5, 5.41) is 8.05. The smallest absolute Gasteiger partial charge is 0.295 e. The first-order valence-corrected chi connectivity index (χ1v) is 9.98. The Bertz CT molecular complexity index is 1250. The minimum Gasteiger partial charge on any atom is -0.319 e. The fourth-order valence-corrected chi connectivity index (χ4v) is 3.51. The standard InChI is InChI=1S/C24H21ClN4O/c1-15-11-12-20(17(3)13-15)26-24(30)22-27-23(18-8-6-9-19(25)14-18)29(28-22)21-10-5-4-7-16(21)2/h4-14H,1-3H3,(H,26,30). The lowest BCUT2D eigenvalue weighted by atomic mass is 10.1. The summed E-state index contributed by atoms with van der Waals surface area (Å²) in [4.78, 5) is 17.5. The van der Waals surface area contributed by atoms with Crippen molar-refractivity contribution < 1.29 is 4.79 Å². The Balaban J connectivity index is 1.79. The number of hydrogen-bond acceptors (Lipinski definition) is 3. The summed E-state index contributed by atoms with van der Waals surface area (Å²) >= 11 is 6.19. The molecule has 4 aromatic rings. The van der Waals surface area contributed by atoms with Crippen LogP contribution in [-0.2, 0) is 0 Å². The number of aryl methyl sites for hydroxylation is 3. The van der Waals surface area contributed by atoms with Crippen molar-refractivity contribution in [2.75, 3.05) is 5.32 Å². The summed E-state index contributed by atoms with van der Waals surface area (Å²) < 4.78 is 1.69. The van der Waals surface area contributed by atoms with Crippen LogP contribution in [0.2, 0.25) is 5.02 Å². The van der Waals surface area contributed by atoms with Gasteiger partial charge in [0.25, 0.3) is 5.91 Å². The van der Waals surface area contributed by atoms with E-state index in [1.165, 1.54) is 0 Å². The molecule has 1 heterocycles. The van der Waals surface area contributed by atoms with Crippen LogP contribution in [0.15, 0.2) is 66.7 Å². The number of benzene rings is 3. The zero-order valence-corrected chi connectivity index (χ0v) is 17.7. The third-order valence-corrected chi connectivity index (χ3v) is 5.10. The molecule has 6 heteroatoms. The predicted molar refractivity (Wildman–Crippen MR) is 120 cm³/mol. The molecule has 30 heavy (non-hydrogen) atoms. The zero-order chi connectivity index (χ0) is 21.3. The molecule has 0 unspecified atom stereocenters. The maximum atomic E-state index is 13.0. The molecule has 0 aliphatic carbocycles. The zero-order valence-electron chi connectivity index (χ0n) is 17.0. The van der Waals surface area contributed by atoms with E-state index >= 15 is 0 Å². The second kappa shape index (κ2) is 8.13. The highest BCUT2D eigenvalue weighted by Crippen LogP contribution is 2.26. The van der Waals surface area contributed by atoms with E-state index in [0.717, 1.165) is 33.6 Å². The Kier molecular flexibility index (Phi) is 5.38. The van der Waals surface area contributed by atoms with E-state index in [4.69, 9.17) is 11.6 Å². The molecular weight excluding hydrogens is 396 g/mol. The number of carbonyl (C=O) groups excluding carboxylic acids is 1. The molecule has 0 aliphatic rings. The number of aromatic nitrogens is 3. The van der Waals surface area contributed by atoms with E-state index in [0.29, 0.717) is 10.8 Å². The van der Waals surface area contributed by atoms with Crippen LogP contribution in [0.5, 0.6) is 0 Å². The number of nitrogens with one attached hydrogen (secondary N) is 1. The van der Waals surface area contributed by atoms with Crippen LogP contribution in [-0.4, -0.2) is 20.7 Å². The van der Waals surface area contributed by atoms with E-state index in [2.05, 4.69) is 15.4 Å². The molecule has 0 spiro atoms. The number of nitrogens with zero attached hydrogens (tertiary/aromatic N) is 3. The first kappa shape index (κ1) is 19.9. The quantitative estimate of drug-likeness (QED) is 0.459. The highest BCUT2D eigenvalue weighted by Gasteiger charge is 2.20. The fourth-order valence-electron chi connectivity index (χ4n) is 3.32. The maximum Gasteiger partial charge on any atom is 0.295 e. The number of carbonyl (C=O) groups is 1. The minimum atomic E-state index is -0.363. The molecule has 1 aromatic heterocycles. The SMILES string of the molecule is Cc1ccc(NC(=O)c2nc(-c3cccc(Cl)c3)n(-c3ccccc3C)n2)c(C)c1. The predicted octanol–water partition coefficient (Wildman–Crippen LogP) is 5.77. The van der Waals surface area contributed by atoms with Gasteiger partial charge in [0.1, 0.15) is 0 Å². The van der Waals surface area contributed by atoms with E-state index in [1.54, 1.807) is 10.7 Å². The van der Waals surface area contributed by atoms with Crippen molar-refractivity contribution in [2.24, 2.45) is 0 Å². The Hall–Kier alpha value is -3.44. The summed E-state index contributed by atoms with van der Waals surface area (Å²) in [6.45, 7) is 5.97. The first-order chi connectivity index (χ1) is 14.4. The summed E-state index contributed by atoms with van der Waals surface area (Å²) in [7, 11) is 0. The monoisotopic (exact) mass is 416 g/mol. The van der Waals surface area contributed by atoms with Gasteiger partial charge in [-0.05, 0) is 56.2 Å². The first-order valence-electron chi connectivity index (χ1n) is 9.60. The largest absolute Gasteiger partial charge is 0.319 e. The van der Waals surface area contributed by atoms with Crippen LogP contribution >= 0.6 is 11.6 Å². The number of halogens is 1. The molecule has 1 amide bonds. The second-order valence-electron chi connectivity index (χ2n) is 7.24. The number of hydrogen-bond donors (Lipinski definition) is 1. The molecule has 0 fully saturated rings. The van der Waals surface area contributed by atoms with Gasteiger partial charge in [0.05, 0.1) is 5.69 Å². The van der Waals surface area contributed by atoms with E-state index < -0.39 is 0 Å². The van der Waals surface area contributed by atoms with Gasteiger partial charge >= 0.3 is 0 Å². The third kappa shape index (κ3) is 3.98. The van der Waals surface area contributed by atoms with Crippen molar-refractivity contribution in [2.45, 2.75) is 20.8 Å². The van der Waals surface area contributed by atoms with E-state index in [9.17, 15) is 4.79 Å². The molecule has 0 bridgehead atoms. The molecule has 5 nitrogen and oxygen atoms in total. The van der Waals surface area contributed by atoms with Gasteiger partial charge in [-0.2, -0.15) is 0 Å². The molecule has 150 valence electrons. The Morgan fingerprint density at radius 3 is 2.47 bits per heavy atom. The van der Waals surface area contributed by atoms with E-state index in [-0.39, 0.29) is 11.7 Å². The molecule has 0 radical (unpaired) electrons. The van der Waals surface area contributed by atoms with Crippen molar-refractivity contribution in [3.05, 3.63) is 94.3 Å². The minimum absolute atomic E-state index is 0.0909. The highest BCUT2D eigenvalue weighted by molar-refractivity contribution is 6.30. The Labute approximate surface area is 180 Å². The van der Waals surface area contributed by atoms with Crippen LogP contribution in [0, 0.1) is 20.8 Å². The van der Waals surface area contributed by atoms with Crippen molar-refractivity contribution in [1.29, 1.82) is 0 Å². The van der Waals surface area contributed by atoms with Gasteiger partial charge in [0.2, 0.25) is 5.82 Å². The molecule has 0 atom stereocenters. The average Bonchev–Trinajstić information content (AvgIpc) is 3.16. The van der Waals surface area contributed by atoms with Crippen LogP contribution in [0.4, 0.5) is 5.69 Å². The average molecular weight is 417 g/mol. The molecule has 3 aromatic carbocycles. The van der Waals surface area contributed by atoms with Crippen molar-refractivity contribution in [3.63, 3.8) is 0 Å².